The maximum atomic E-state index is 11.6. The minimum Gasteiger partial charge on any atom is -0.394 e. The highest BCUT2D eigenvalue weighted by Gasteiger charge is 2.30. The number of aliphatic hydroxyl groups is 1. The second-order valence-electron chi connectivity index (χ2n) is 4.81. The van der Waals surface area contributed by atoms with E-state index in [-0.39, 0.29) is 30.5 Å². The summed E-state index contributed by atoms with van der Waals surface area (Å²) in [5.41, 5.74) is 5.85. The van der Waals surface area contributed by atoms with Crippen molar-refractivity contribution in [2.45, 2.75) is 45.2 Å². The van der Waals surface area contributed by atoms with Crippen LogP contribution in [-0.2, 0) is 4.79 Å². The van der Waals surface area contributed by atoms with Gasteiger partial charge in [0.2, 0.25) is 5.91 Å². The lowest BCUT2D eigenvalue weighted by Gasteiger charge is -2.21. The van der Waals surface area contributed by atoms with E-state index in [0.717, 1.165) is 12.8 Å². The van der Waals surface area contributed by atoms with Gasteiger partial charge in [-0.3, -0.25) is 4.79 Å². The summed E-state index contributed by atoms with van der Waals surface area (Å²) in [5, 5.41) is 11.9. The Labute approximate surface area is 91.2 Å². The second kappa shape index (κ2) is 5.47. The van der Waals surface area contributed by atoms with Crippen molar-refractivity contribution in [1.82, 2.24) is 5.32 Å². The maximum Gasteiger partial charge on any atom is 0.221 e. The Bertz CT molecular complexity index is 215. The molecule has 4 N–H and O–H groups in total. The monoisotopic (exact) mass is 214 g/mol. The third kappa shape index (κ3) is 4.18. The van der Waals surface area contributed by atoms with Crippen LogP contribution in [0.3, 0.4) is 0 Å². The first-order chi connectivity index (χ1) is 7.04. The van der Waals surface area contributed by atoms with Gasteiger partial charge in [0, 0.05) is 12.5 Å². The zero-order valence-corrected chi connectivity index (χ0v) is 9.57. The van der Waals surface area contributed by atoms with Crippen molar-refractivity contribution in [3.05, 3.63) is 0 Å². The van der Waals surface area contributed by atoms with Crippen LogP contribution < -0.4 is 11.1 Å². The van der Waals surface area contributed by atoms with Gasteiger partial charge in [-0.1, -0.05) is 13.8 Å². The largest absolute Gasteiger partial charge is 0.394 e. The molecule has 4 heteroatoms. The van der Waals surface area contributed by atoms with Crippen LogP contribution >= 0.6 is 0 Å². The van der Waals surface area contributed by atoms with Crippen LogP contribution in [0.5, 0.6) is 0 Å². The Morgan fingerprint density at radius 1 is 1.53 bits per heavy atom. The molecule has 1 aliphatic rings. The lowest BCUT2D eigenvalue weighted by molar-refractivity contribution is -0.122. The summed E-state index contributed by atoms with van der Waals surface area (Å²) in [7, 11) is 0. The van der Waals surface area contributed by atoms with Gasteiger partial charge in [0.05, 0.1) is 12.6 Å². The third-order valence-corrected chi connectivity index (χ3v) is 3.00. The van der Waals surface area contributed by atoms with E-state index < -0.39 is 0 Å². The number of rotatable bonds is 6. The van der Waals surface area contributed by atoms with Gasteiger partial charge in [-0.15, -0.1) is 0 Å². The first-order valence-electron chi connectivity index (χ1n) is 5.70. The van der Waals surface area contributed by atoms with Gasteiger partial charge in [0.1, 0.15) is 0 Å². The molecule has 0 spiro atoms. The van der Waals surface area contributed by atoms with E-state index >= 15 is 0 Å². The van der Waals surface area contributed by atoms with Crippen LogP contribution in [0.25, 0.3) is 0 Å². The molecule has 2 unspecified atom stereocenters. The standard InChI is InChI=1S/C11H22N2O2/c1-7(2)10(6-14)13-11(15)5-9(12)8-3-4-8/h7-10,14H,3-6,12H2,1-2H3,(H,13,15). The molecular weight excluding hydrogens is 192 g/mol. The summed E-state index contributed by atoms with van der Waals surface area (Å²) in [6.07, 6.45) is 2.69. The molecule has 0 aromatic rings. The summed E-state index contributed by atoms with van der Waals surface area (Å²) in [6.45, 7) is 3.94. The predicted octanol–water partition coefficient (Wildman–Crippen LogP) is 0.247. The van der Waals surface area contributed by atoms with Gasteiger partial charge >= 0.3 is 0 Å². The van der Waals surface area contributed by atoms with Gasteiger partial charge in [0.25, 0.3) is 0 Å². The third-order valence-electron chi connectivity index (χ3n) is 3.00. The summed E-state index contributed by atoms with van der Waals surface area (Å²) >= 11 is 0. The Balaban J connectivity index is 2.26. The van der Waals surface area contributed by atoms with E-state index in [9.17, 15) is 4.79 Å². The Hall–Kier alpha value is -0.610. The smallest absolute Gasteiger partial charge is 0.221 e. The van der Waals surface area contributed by atoms with Crippen molar-refractivity contribution in [1.29, 1.82) is 0 Å². The molecule has 2 atom stereocenters. The van der Waals surface area contributed by atoms with Crippen molar-refractivity contribution in [3.63, 3.8) is 0 Å². The SMILES string of the molecule is CC(C)C(CO)NC(=O)CC(N)C1CC1. The molecule has 1 amide bonds. The van der Waals surface area contributed by atoms with E-state index in [1.807, 2.05) is 13.8 Å². The molecule has 88 valence electrons. The van der Waals surface area contributed by atoms with Crippen molar-refractivity contribution in [2.24, 2.45) is 17.6 Å². The van der Waals surface area contributed by atoms with E-state index in [4.69, 9.17) is 10.8 Å². The minimum absolute atomic E-state index is 0.00324. The molecule has 15 heavy (non-hydrogen) atoms. The molecule has 0 aromatic heterocycles. The number of carbonyl (C=O) groups is 1. The molecule has 0 aromatic carbocycles. The van der Waals surface area contributed by atoms with Gasteiger partial charge in [-0.05, 0) is 24.7 Å². The predicted molar refractivity (Wildman–Crippen MR) is 59.2 cm³/mol. The van der Waals surface area contributed by atoms with Gasteiger partial charge in [0.15, 0.2) is 0 Å². The molecule has 1 saturated carbocycles. The first kappa shape index (κ1) is 12.5. The number of carbonyl (C=O) groups excluding carboxylic acids is 1. The van der Waals surface area contributed by atoms with E-state index in [1.54, 1.807) is 0 Å². The van der Waals surface area contributed by atoms with Crippen molar-refractivity contribution < 1.29 is 9.90 Å². The number of nitrogens with two attached hydrogens (primary N) is 1. The Morgan fingerprint density at radius 2 is 2.13 bits per heavy atom. The fourth-order valence-corrected chi connectivity index (χ4v) is 1.59. The average molecular weight is 214 g/mol. The van der Waals surface area contributed by atoms with Crippen LogP contribution in [0.1, 0.15) is 33.1 Å². The van der Waals surface area contributed by atoms with Crippen LogP contribution in [0.4, 0.5) is 0 Å². The molecule has 0 aliphatic heterocycles. The van der Waals surface area contributed by atoms with Crippen LogP contribution in [0, 0.1) is 11.8 Å². The number of hydrogen-bond acceptors (Lipinski definition) is 3. The molecule has 0 heterocycles. The van der Waals surface area contributed by atoms with E-state index in [2.05, 4.69) is 5.32 Å². The topological polar surface area (TPSA) is 75.3 Å². The number of hydrogen-bond donors (Lipinski definition) is 3. The Kier molecular flexibility index (Phi) is 4.54. The van der Waals surface area contributed by atoms with Gasteiger partial charge in [-0.2, -0.15) is 0 Å². The average Bonchev–Trinajstić information content (AvgIpc) is 2.96. The minimum atomic E-state index is -0.149. The summed E-state index contributed by atoms with van der Waals surface area (Å²) in [4.78, 5) is 11.6. The maximum absolute atomic E-state index is 11.6. The molecule has 1 aliphatic carbocycles. The highest BCUT2D eigenvalue weighted by Crippen LogP contribution is 2.32. The Morgan fingerprint density at radius 3 is 2.53 bits per heavy atom. The van der Waals surface area contributed by atoms with Gasteiger partial charge in [-0.25, -0.2) is 0 Å². The van der Waals surface area contributed by atoms with E-state index in [0.29, 0.717) is 12.3 Å². The summed E-state index contributed by atoms with van der Waals surface area (Å²) in [6, 6.07) is -0.152. The highest BCUT2D eigenvalue weighted by molar-refractivity contribution is 5.77. The molecule has 0 radical (unpaired) electrons. The van der Waals surface area contributed by atoms with Gasteiger partial charge < -0.3 is 16.2 Å². The fourth-order valence-electron chi connectivity index (χ4n) is 1.59. The first-order valence-corrected chi connectivity index (χ1v) is 5.70. The molecule has 4 nitrogen and oxygen atoms in total. The molecule has 1 rings (SSSR count). The summed E-state index contributed by atoms with van der Waals surface area (Å²) < 4.78 is 0. The number of nitrogens with one attached hydrogen (secondary N) is 1. The normalized spacial score (nSPS) is 20.1. The van der Waals surface area contributed by atoms with Crippen LogP contribution in [0.15, 0.2) is 0 Å². The molecule has 1 fully saturated rings. The van der Waals surface area contributed by atoms with Crippen molar-refractivity contribution >= 4 is 5.91 Å². The number of aliphatic hydroxyl groups excluding tert-OH is 1. The fraction of sp³-hybridized carbons (Fsp3) is 0.909. The van der Waals surface area contributed by atoms with Crippen molar-refractivity contribution in [3.8, 4) is 0 Å². The molecule has 0 bridgehead atoms. The lowest BCUT2D eigenvalue weighted by atomic mass is 10.0. The molecule has 0 saturated heterocycles. The van der Waals surface area contributed by atoms with Crippen molar-refractivity contribution in [2.75, 3.05) is 6.61 Å². The zero-order valence-electron chi connectivity index (χ0n) is 9.57. The molecular formula is C11H22N2O2. The summed E-state index contributed by atoms with van der Waals surface area (Å²) in [5.74, 6) is 0.751. The number of amides is 1. The second-order valence-corrected chi connectivity index (χ2v) is 4.81. The van der Waals surface area contributed by atoms with E-state index in [1.165, 1.54) is 0 Å². The quantitative estimate of drug-likeness (QED) is 0.593. The lowest BCUT2D eigenvalue weighted by Crippen LogP contribution is -2.43. The highest BCUT2D eigenvalue weighted by atomic mass is 16.3. The zero-order chi connectivity index (χ0) is 11.4. The van der Waals surface area contributed by atoms with Crippen LogP contribution in [0.2, 0.25) is 0 Å². The van der Waals surface area contributed by atoms with Crippen LogP contribution in [-0.4, -0.2) is 29.7 Å².